The Morgan fingerprint density at radius 2 is 1.50 bits per heavy atom. The zero-order valence-corrected chi connectivity index (χ0v) is 21.1. The Hall–Kier alpha value is -1.98. The lowest BCUT2D eigenvalue weighted by Crippen LogP contribution is -2.48. The van der Waals surface area contributed by atoms with Crippen molar-refractivity contribution in [3.8, 4) is 0 Å². The molecule has 1 amide bonds. The number of hydrogen-bond donors (Lipinski definition) is 1. The molecular formula is C23H28ClN3O5S2. The molecule has 0 bridgehead atoms. The number of nitrogens with one attached hydrogen (secondary N) is 1. The molecule has 184 valence electrons. The minimum atomic E-state index is -4.03. The van der Waals surface area contributed by atoms with Crippen molar-refractivity contribution in [2.45, 2.75) is 54.5 Å². The lowest BCUT2D eigenvalue weighted by molar-refractivity contribution is -0.124. The number of amides is 1. The van der Waals surface area contributed by atoms with Gasteiger partial charge in [0.25, 0.3) is 0 Å². The minimum absolute atomic E-state index is 0.0437. The summed E-state index contributed by atoms with van der Waals surface area (Å²) < 4.78 is 55.5. The average Bonchev–Trinajstić information content (AvgIpc) is 3.29. The lowest BCUT2D eigenvalue weighted by atomic mass is 10.1. The van der Waals surface area contributed by atoms with E-state index >= 15 is 0 Å². The molecule has 2 aromatic rings. The van der Waals surface area contributed by atoms with Gasteiger partial charge in [-0.2, -0.15) is 8.61 Å². The fraction of sp³-hybridized carbons (Fsp3) is 0.435. The van der Waals surface area contributed by atoms with Crippen LogP contribution in [0, 0.1) is 0 Å². The highest BCUT2D eigenvalue weighted by Crippen LogP contribution is 2.27. The summed E-state index contributed by atoms with van der Waals surface area (Å²) in [7, 11) is -7.60. The molecule has 0 spiro atoms. The summed E-state index contributed by atoms with van der Waals surface area (Å²) in [5, 5.41) is 3.21. The van der Waals surface area contributed by atoms with Crippen molar-refractivity contribution in [3.05, 3.63) is 59.1 Å². The van der Waals surface area contributed by atoms with Crippen LogP contribution < -0.4 is 5.32 Å². The van der Waals surface area contributed by atoms with E-state index < -0.39 is 26.1 Å². The normalized spacial score (nSPS) is 20.3. The molecule has 11 heteroatoms. The number of sulfonamides is 2. The number of rotatable bonds is 7. The van der Waals surface area contributed by atoms with E-state index in [-0.39, 0.29) is 22.2 Å². The third-order valence-electron chi connectivity index (χ3n) is 6.24. The molecule has 0 aromatic heterocycles. The summed E-state index contributed by atoms with van der Waals surface area (Å²) in [5.74, 6) is -0.330. The van der Waals surface area contributed by atoms with Crippen LogP contribution in [0.5, 0.6) is 0 Å². The number of carbonyl (C=O) groups excluding carboxylic acids is 1. The molecule has 8 nitrogen and oxygen atoms in total. The summed E-state index contributed by atoms with van der Waals surface area (Å²) in [6.45, 7) is 1.46. The highest BCUT2D eigenvalue weighted by molar-refractivity contribution is 7.89. The van der Waals surface area contributed by atoms with E-state index in [2.05, 4.69) is 5.32 Å². The van der Waals surface area contributed by atoms with Crippen LogP contribution in [0.2, 0.25) is 5.02 Å². The van der Waals surface area contributed by atoms with E-state index in [1.807, 2.05) is 0 Å². The van der Waals surface area contributed by atoms with Crippen LogP contribution in [0.1, 0.15) is 37.7 Å². The van der Waals surface area contributed by atoms with Crippen LogP contribution in [-0.2, 0) is 31.4 Å². The molecule has 1 N–H and O–H groups in total. The summed E-state index contributed by atoms with van der Waals surface area (Å²) in [5.41, 5.74) is 0.593. The Kier molecular flexibility index (Phi) is 7.63. The second-order valence-corrected chi connectivity index (χ2v) is 12.8. The monoisotopic (exact) mass is 525 g/mol. The quantitative estimate of drug-likeness (QED) is 0.598. The molecule has 2 aliphatic rings. The van der Waals surface area contributed by atoms with Crippen molar-refractivity contribution in [1.82, 2.24) is 13.9 Å². The van der Waals surface area contributed by atoms with E-state index in [1.54, 1.807) is 12.1 Å². The Morgan fingerprint density at radius 3 is 2.15 bits per heavy atom. The van der Waals surface area contributed by atoms with Gasteiger partial charge < -0.3 is 5.32 Å². The van der Waals surface area contributed by atoms with Gasteiger partial charge >= 0.3 is 0 Å². The maximum atomic E-state index is 13.6. The van der Waals surface area contributed by atoms with E-state index in [9.17, 15) is 21.6 Å². The molecule has 0 radical (unpaired) electrons. The first-order valence-electron chi connectivity index (χ1n) is 11.3. The number of hydrogen-bond acceptors (Lipinski definition) is 5. The van der Waals surface area contributed by atoms with Crippen molar-refractivity contribution >= 4 is 37.6 Å². The predicted octanol–water partition coefficient (Wildman–Crippen LogP) is 2.98. The fourth-order valence-electron chi connectivity index (χ4n) is 4.33. The number of nitrogens with zero attached hydrogens (tertiary/aromatic N) is 2. The summed E-state index contributed by atoms with van der Waals surface area (Å²) in [4.78, 5) is 13.0. The zero-order chi connectivity index (χ0) is 24.3. The standard InChI is InChI=1S/C23H28ClN3O5S2/c24-19-8-12-21(13-9-19)34(31,32)27(22-5-1-2-14-25-23(22)28)17-18-6-10-20(11-7-18)33(29,30)26-15-3-4-16-26/h6-13,22H,1-5,14-17H2,(H,25,28). The van der Waals surface area contributed by atoms with E-state index in [0.29, 0.717) is 43.1 Å². The molecule has 2 saturated heterocycles. The largest absolute Gasteiger partial charge is 0.355 e. The first-order valence-corrected chi connectivity index (χ1v) is 14.6. The van der Waals surface area contributed by atoms with Crippen molar-refractivity contribution < 1.29 is 21.6 Å². The van der Waals surface area contributed by atoms with Crippen LogP contribution in [0.4, 0.5) is 0 Å². The van der Waals surface area contributed by atoms with Gasteiger partial charge in [-0.3, -0.25) is 4.79 Å². The van der Waals surface area contributed by atoms with Crippen molar-refractivity contribution in [1.29, 1.82) is 0 Å². The molecule has 0 aliphatic carbocycles. The van der Waals surface area contributed by atoms with Gasteiger partial charge in [0.2, 0.25) is 26.0 Å². The van der Waals surface area contributed by atoms with Gasteiger partial charge in [-0.25, -0.2) is 16.8 Å². The van der Waals surface area contributed by atoms with Crippen LogP contribution in [0.25, 0.3) is 0 Å². The molecule has 0 saturated carbocycles. The molecule has 1 unspecified atom stereocenters. The Labute approximate surface area is 206 Å². The summed E-state index contributed by atoms with van der Waals surface area (Å²) in [6, 6.07) is 11.2. The van der Waals surface area contributed by atoms with Gasteiger partial charge in [0.15, 0.2) is 0 Å². The van der Waals surface area contributed by atoms with Gasteiger partial charge in [0.05, 0.1) is 9.79 Å². The fourth-order valence-corrected chi connectivity index (χ4v) is 7.58. The molecule has 2 aromatic carbocycles. The third kappa shape index (κ3) is 5.31. The van der Waals surface area contributed by atoms with Crippen molar-refractivity contribution in [2.75, 3.05) is 19.6 Å². The van der Waals surface area contributed by atoms with Crippen LogP contribution >= 0.6 is 11.6 Å². The molecule has 1 atom stereocenters. The van der Waals surface area contributed by atoms with Crippen LogP contribution in [0.15, 0.2) is 58.3 Å². The number of halogens is 1. The first-order chi connectivity index (χ1) is 16.2. The number of benzene rings is 2. The van der Waals surface area contributed by atoms with Crippen molar-refractivity contribution in [2.24, 2.45) is 0 Å². The summed E-state index contributed by atoms with van der Waals surface area (Å²) in [6.07, 6.45) is 3.58. The van der Waals surface area contributed by atoms with Crippen LogP contribution in [-0.4, -0.2) is 57.0 Å². The number of carbonyl (C=O) groups is 1. The minimum Gasteiger partial charge on any atom is -0.355 e. The molecule has 4 rings (SSSR count). The maximum Gasteiger partial charge on any atom is 0.244 e. The van der Waals surface area contributed by atoms with Gasteiger partial charge in [-0.15, -0.1) is 0 Å². The molecule has 34 heavy (non-hydrogen) atoms. The average molecular weight is 526 g/mol. The second kappa shape index (κ2) is 10.3. The zero-order valence-electron chi connectivity index (χ0n) is 18.7. The van der Waals surface area contributed by atoms with Gasteiger partial charge in [-0.1, -0.05) is 23.7 Å². The van der Waals surface area contributed by atoms with Gasteiger partial charge in [-0.05, 0) is 74.1 Å². The first kappa shape index (κ1) is 25.1. The van der Waals surface area contributed by atoms with E-state index in [1.165, 1.54) is 45.0 Å². The van der Waals surface area contributed by atoms with Crippen LogP contribution in [0.3, 0.4) is 0 Å². The SMILES string of the molecule is O=C1NCCCCC1N(Cc1ccc(S(=O)(=O)N2CCCC2)cc1)S(=O)(=O)c1ccc(Cl)cc1. The molecule has 2 fully saturated rings. The van der Waals surface area contributed by atoms with Gasteiger partial charge in [0.1, 0.15) is 6.04 Å². The predicted molar refractivity (Wildman–Crippen MR) is 129 cm³/mol. The van der Waals surface area contributed by atoms with E-state index in [0.717, 1.165) is 19.3 Å². The maximum absolute atomic E-state index is 13.6. The highest BCUT2D eigenvalue weighted by Gasteiger charge is 2.36. The Bertz CT molecular complexity index is 1230. The molecule has 2 heterocycles. The van der Waals surface area contributed by atoms with Gasteiger partial charge in [0, 0.05) is 31.2 Å². The Morgan fingerprint density at radius 1 is 0.882 bits per heavy atom. The molecule has 2 aliphatic heterocycles. The lowest BCUT2D eigenvalue weighted by Gasteiger charge is -2.29. The topological polar surface area (TPSA) is 104 Å². The summed E-state index contributed by atoms with van der Waals surface area (Å²) >= 11 is 5.94. The second-order valence-electron chi connectivity index (χ2n) is 8.56. The van der Waals surface area contributed by atoms with E-state index in [4.69, 9.17) is 11.6 Å². The van der Waals surface area contributed by atoms with Crippen molar-refractivity contribution in [3.63, 3.8) is 0 Å². The smallest absolute Gasteiger partial charge is 0.244 e. The highest BCUT2D eigenvalue weighted by atomic mass is 35.5. The third-order valence-corrected chi connectivity index (χ3v) is 10.3. The molecular weight excluding hydrogens is 498 g/mol. The Balaban J connectivity index is 1.65.